The molecule has 1 unspecified atom stereocenters. The molecule has 1 atom stereocenters. The molecular formula is C14H22N2O2S. The molecule has 0 aromatic heterocycles. The fourth-order valence-electron chi connectivity index (χ4n) is 1.58. The number of thioether (sulfide) groups is 1. The normalized spacial score (nSPS) is 12.1. The summed E-state index contributed by atoms with van der Waals surface area (Å²) in [7, 11) is 1.63. The Morgan fingerprint density at radius 1 is 1.37 bits per heavy atom. The number of hydrogen-bond acceptors (Lipinski definition) is 4. The molecule has 1 amide bonds. The highest BCUT2D eigenvalue weighted by Gasteiger charge is 2.05. The first-order valence-electron chi connectivity index (χ1n) is 6.39. The number of rotatable bonds is 9. The molecule has 4 nitrogen and oxygen atoms in total. The Hall–Kier alpha value is -1.04. The molecule has 0 aliphatic carbocycles. The molecule has 0 heterocycles. The van der Waals surface area contributed by atoms with Crippen molar-refractivity contribution in [1.82, 2.24) is 10.6 Å². The third-order valence-corrected chi connectivity index (χ3v) is 3.41. The maximum Gasteiger partial charge on any atom is 0.234 e. The molecular weight excluding hydrogens is 260 g/mol. The molecule has 0 saturated carbocycles. The zero-order valence-electron chi connectivity index (χ0n) is 11.5. The fourth-order valence-corrected chi connectivity index (χ4v) is 2.41. The molecule has 0 spiro atoms. The number of nitrogens with one attached hydrogen (secondary N) is 2. The standard InChI is InChI=1S/C14H22N2O2S/c1-12(11-18-2)16-14(17)10-15-8-9-19-13-6-4-3-5-7-13/h3-7,12,15H,8-11H2,1-2H3,(H,16,17). The van der Waals surface area contributed by atoms with Gasteiger partial charge < -0.3 is 15.4 Å². The summed E-state index contributed by atoms with van der Waals surface area (Å²) in [6.45, 7) is 3.62. The van der Waals surface area contributed by atoms with Crippen molar-refractivity contribution < 1.29 is 9.53 Å². The lowest BCUT2D eigenvalue weighted by Gasteiger charge is -2.12. The lowest BCUT2D eigenvalue weighted by atomic mass is 10.3. The van der Waals surface area contributed by atoms with Crippen molar-refractivity contribution >= 4 is 17.7 Å². The number of methoxy groups -OCH3 is 1. The lowest BCUT2D eigenvalue weighted by molar-refractivity contribution is -0.121. The second-order valence-corrected chi connectivity index (χ2v) is 5.43. The SMILES string of the molecule is COCC(C)NC(=O)CNCCSc1ccccc1. The van der Waals surface area contributed by atoms with Gasteiger partial charge in [0.2, 0.25) is 5.91 Å². The zero-order chi connectivity index (χ0) is 13.9. The zero-order valence-corrected chi connectivity index (χ0v) is 12.3. The van der Waals surface area contributed by atoms with Crippen LogP contribution in [0.2, 0.25) is 0 Å². The number of ether oxygens (including phenoxy) is 1. The Kier molecular flexibility index (Phi) is 8.29. The molecule has 5 heteroatoms. The average Bonchev–Trinajstić information content (AvgIpc) is 2.39. The van der Waals surface area contributed by atoms with Gasteiger partial charge in [0.15, 0.2) is 0 Å². The fraction of sp³-hybridized carbons (Fsp3) is 0.500. The van der Waals surface area contributed by atoms with E-state index in [2.05, 4.69) is 22.8 Å². The highest BCUT2D eigenvalue weighted by molar-refractivity contribution is 7.99. The molecule has 0 bridgehead atoms. The molecule has 106 valence electrons. The minimum atomic E-state index is 0.00858. The molecule has 0 radical (unpaired) electrons. The van der Waals surface area contributed by atoms with Crippen molar-refractivity contribution in [3.05, 3.63) is 30.3 Å². The minimum Gasteiger partial charge on any atom is -0.383 e. The molecule has 0 saturated heterocycles. The second-order valence-electron chi connectivity index (χ2n) is 4.26. The van der Waals surface area contributed by atoms with E-state index in [1.54, 1.807) is 18.9 Å². The van der Waals surface area contributed by atoms with Crippen molar-refractivity contribution in [2.75, 3.05) is 32.6 Å². The number of benzene rings is 1. The van der Waals surface area contributed by atoms with Crippen LogP contribution in [0, 0.1) is 0 Å². The van der Waals surface area contributed by atoms with Crippen LogP contribution in [-0.2, 0) is 9.53 Å². The van der Waals surface area contributed by atoms with E-state index >= 15 is 0 Å². The summed E-state index contributed by atoms with van der Waals surface area (Å²) in [5.41, 5.74) is 0. The summed E-state index contributed by atoms with van der Waals surface area (Å²) >= 11 is 1.78. The van der Waals surface area contributed by atoms with Crippen molar-refractivity contribution in [1.29, 1.82) is 0 Å². The monoisotopic (exact) mass is 282 g/mol. The van der Waals surface area contributed by atoms with E-state index < -0.39 is 0 Å². The van der Waals surface area contributed by atoms with E-state index in [9.17, 15) is 4.79 Å². The van der Waals surface area contributed by atoms with E-state index in [0.717, 1.165) is 12.3 Å². The molecule has 1 rings (SSSR count). The number of carbonyl (C=O) groups is 1. The van der Waals surface area contributed by atoms with Crippen LogP contribution in [0.3, 0.4) is 0 Å². The van der Waals surface area contributed by atoms with Crippen LogP contribution in [0.4, 0.5) is 0 Å². The molecule has 0 aliphatic heterocycles. The number of amides is 1. The Balaban J connectivity index is 2.03. The predicted molar refractivity (Wildman–Crippen MR) is 79.5 cm³/mol. The van der Waals surface area contributed by atoms with Crippen LogP contribution in [0.5, 0.6) is 0 Å². The summed E-state index contributed by atoms with van der Waals surface area (Å²) in [6.07, 6.45) is 0. The van der Waals surface area contributed by atoms with Crippen molar-refractivity contribution in [2.45, 2.75) is 17.9 Å². The van der Waals surface area contributed by atoms with Gasteiger partial charge >= 0.3 is 0 Å². The first kappa shape index (κ1) is 16.0. The Morgan fingerprint density at radius 2 is 2.11 bits per heavy atom. The van der Waals surface area contributed by atoms with Gasteiger partial charge in [-0.05, 0) is 19.1 Å². The summed E-state index contributed by atoms with van der Waals surface area (Å²) in [4.78, 5) is 12.8. The van der Waals surface area contributed by atoms with E-state index in [1.165, 1.54) is 4.90 Å². The molecule has 1 aromatic rings. The van der Waals surface area contributed by atoms with E-state index in [4.69, 9.17) is 4.74 Å². The van der Waals surface area contributed by atoms with Crippen LogP contribution in [0.25, 0.3) is 0 Å². The van der Waals surface area contributed by atoms with Crippen LogP contribution in [0.15, 0.2) is 35.2 Å². The molecule has 2 N–H and O–H groups in total. The largest absolute Gasteiger partial charge is 0.383 e. The van der Waals surface area contributed by atoms with Gasteiger partial charge in [0, 0.05) is 30.3 Å². The molecule has 19 heavy (non-hydrogen) atoms. The van der Waals surface area contributed by atoms with E-state index in [0.29, 0.717) is 13.2 Å². The maximum atomic E-state index is 11.5. The van der Waals surface area contributed by atoms with E-state index in [-0.39, 0.29) is 11.9 Å². The Labute approximate surface area is 119 Å². The molecule has 0 aliphatic rings. The molecule has 0 fully saturated rings. The van der Waals surface area contributed by atoms with Gasteiger partial charge in [-0.2, -0.15) is 0 Å². The van der Waals surface area contributed by atoms with Crippen LogP contribution >= 0.6 is 11.8 Å². The van der Waals surface area contributed by atoms with Crippen LogP contribution < -0.4 is 10.6 Å². The van der Waals surface area contributed by atoms with Gasteiger partial charge in [-0.25, -0.2) is 0 Å². The highest BCUT2D eigenvalue weighted by Crippen LogP contribution is 2.15. The first-order valence-corrected chi connectivity index (χ1v) is 7.38. The smallest absolute Gasteiger partial charge is 0.234 e. The third-order valence-electron chi connectivity index (χ3n) is 2.40. The maximum absolute atomic E-state index is 11.5. The lowest BCUT2D eigenvalue weighted by Crippen LogP contribution is -2.41. The molecule has 1 aromatic carbocycles. The van der Waals surface area contributed by atoms with Crippen LogP contribution in [-0.4, -0.2) is 44.5 Å². The summed E-state index contributed by atoms with van der Waals surface area (Å²) in [5, 5.41) is 5.99. The quantitative estimate of drug-likeness (QED) is 0.532. The topological polar surface area (TPSA) is 50.4 Å². The average molecular weight is 282 g/mol. The van der Waals surface area contributed by atoms with Crippen molar-refractivity contribution in [2.24, 2.45) is 0 Å². The van der Waals surface area contributed by atoms with Crippen molar-refractivity contribution in [3.8, 4) is 0 Å². The minimum absolute atomic E-state index is 0.00858. The third kappa shape index (κ3) is 7.87. The first-order chi connectivity index (χ1) is 9.22. The second kappa shape index (κ2) is 9.83. The van der Waals surface area contributed by atoms with Gasteiger partial charge in [-0.15, -0.1) is 11.8 Å². The van der Waals surface area contributed by atoms with Gasteiger partial charge in [0.25, 0.3) is 0 Å². The van der Waals surface area contributed by atoms with Gasteiger partial charge in [-0.1, -0.05) is 18.2 Å². The number of carbonyl (C=O) groups excluding carboxylic acids is 1. The van der Waals surface area contributed by atoms with E-state index in [1.807, 2.05) is 25.1 Å². The Bertz CT molecular complexity index is 360. The Morgan fingerprint density at radius 3 is 2.79 bits per heavy atom. The predicted octanol–water partition coefficient (Wildman–Crippen LogP) is 1.52. The highest BCUT2D eigenvalue weighted by atomic mass is 32.2. The van der Waals surface area contributed by atoms with Crippen LogP contribution in [0.1, 0.15) is 6.92 Å². The van der Waals surface area contributed by atoms with Crippen molar-refractivity contribution in [3.63, 3.8) is 0 Å². The summed E-state index contributed by atoms with van der Waals surface area (Å²) in [6, 6.07) is 10.3. The van der Waals surface area contributed by atoms with Gasteiger partial charge in [0.05, 0.1) is 13.2 Å². The summed E-state index contributed by atoms with van der Waals surface area (Å²) < 4.78 is 4.96. The number of hydrogen-bond donors (Lipinski definition) is 2. The summed E-state index contributed by atoms with van der Waals surface area (Å²) in [5.74, 6) is 0.958. The van der Waals surface area contributed by atoms with Gasteiger partial charge in [-0.3, -0.25) is 4.79 Å². The van der Waals surface area contributed by atoms with Gasteiger partial charge in [0.1, 0.15) is 0 Å².